The van der Waals surface area contributed by atoms with Gasteiger partial charge in [-0.1, -0.05) is 59.7 Å². The molecule has 1 aromatic carbocycles. The number of benzene rings is 1. The smallest absolute Gasteiger partial charge is 0.174 e. The number of hydrogen-bond acceptors (Lipinski definition) is 2. The summed E-state index contributed by atoms with van der Waals surface area (Å²) in [6, 6.07) is 6.23. The van der Waals surface area contributed by atoms with Gasteiger partial charge in [-0.05, 0) is 40.0 Å². The third-order valence-corrected chi connectivity index (χ3v) is 4.28. The summed E-state index contributed by atoms with van der Waals surface area (Å²) in [5, 5.41) is 0. The standard InChI is InChI=1S/C20H26O2/c1-12(17-15(21)11-16(17)22)13-9-8-10-14(19(2,3)4)18(13)20(5,6)7/h8-10H,11H2,1-7H3. The second-order valence-electron chi connectivity index (χ2n) is 8.25. The number of ketones is 2. The third-order valence-electron chi connectivity index (χ3n) is 4.28. The molecule has 2 nitrogen and oxygen atoms in total. The van der Waals surface area contributed by atoms with Crippen molar-refractivity contribution in [1.82, 2.24) is 0 Å². The van der Waals surface area contributed by atoms with Crippen LogP contribution in [0.1, 0.15) is 71.6 Å². The van der Waals surface area contributed by atoms with Crippen molar-refractivity contribution in [2.45, 2.75) is 65.7 Å². The van der Waals surface area contributed by atoms with Gasteiger partial charge >= 0.3 is 0 Å². The monoisotopic (exact) mass is 298 g/mol. The Morgan fingerprint density at radius 2 is 1.45 bits per heavy atom. The zero-order valence-electron chi connectivity index (χ0n) is 14.8. The maximum Gasteiger partial charge on any atom is 0.174 e. The number of hydrogen-bond donors (Lipinski definition) is 0. The predicted molar refractivity (Wildman–Crippen MR) is 91.1 cm³/mol. The molecule has 0 aliphatic heterocycles. The number of rotatable bonds is 1. The van der Waals surface area contributed by atoms with E-state index < -0.39 is 0 Å². The molecule has 1 fully saturated rings. The van der Waals surface area contributed by atoms with Gasteiger partial charge in [-0.2, -0.15) is 0 Å². The highest BCUT2D eigenvalue weighted by atomic mass is 16.2. The first-order valence-corrected chi connectivity index (χ1v) is 7.86. The molecule has 0 spiro atoms. The second-order valence-corrected chi connectivity index (χ2v) is 8.25. The Labute approximate surface area is 133 Å². The van der Waals surface area contributed by atoms with E-state index in [1.165, 1.54) is 11.1 Å². The summed E-state index contributed by atoms with van der Waals surface area (Å²) in [7, 11) is 0. The molecule has 0 heterocycles. The van der Waals surface area contributed by atoms with Crippen LogP contribution in [0.15, 0.2) is 23.8 Å². The number of carbonyl (C=O) groups is 2. The Balaban J connectivity index is 2.78. The SMILES string of the molecule is CC(=C1C(=O)CC1=O)c1cccc(C(C)(C)C)c1C(C)(C)C. The molecule has 2 heteroatoms. The van der Waals surface area contributed by atoms with Gasteiger partial charge in [0, 0.05) is 0 Å². The molecule has 0 radical (unpaired) electrons. The van der Waals surface area contributed by atoms with Crippen LogP contribution in [0.5, 0.6) is 0 Å². The molecule has 1 saturated carbocycles. The number of allylic oxidation sites excluding steroid dienone is 2. The summed E-state index contributed by atoms with van der Waals surface area (Å²) in [4.78, 5) is 23.6. The fraction of sp³-hybridized carbons (Fsp3) is 0.500. The van der Waals surface area contributed by atoms with E-state index in [1.807, 2.05) is 19.1 Å². The molecule has 118 valence electrons. The molecule has 1 aromatic rings. The maximum absolute atomic E-state index is 11.8. The van der Waals surface area contributed by atoms with Gasteiger partial charge in [0.05, 0.1) is 12.0 Å². The molecular weight excluding hydrogens is 272 g/mol. The second kappa shape index (κ2) is 5.19. The van der Waals surface area contributed by atoms with E-state index in [2.05, 4.69) is 47.6 Å². The van der Waals surface area contributed by atoms with Crippen LogP contribution >= 0.6 is 0 Å². The minimum atomic E-state index is -0.0587. The molecule has 1 aliphatic rings. The molecule has 0 atom stereocenters. The van der Waals surface area contributed by atoms with E-state index in [4.69, 9.17) is 0 Å². The van der Waals surface area contributed by atoms with Crippen LogP contribution in [0, 0.1) is 0 Å². The Morgan fingerprint density at radius 3 is 1.86 bits per heavy atom. The zero-order chi connectivity index (χ0) is 16.9. The normalized spacial score (nSPS) is 15.9. The lowest BCUT2D eigenvalue weighted by atomic mass is 9.71. The summed E-state index contributed by atoms with van der Waals surface area (Å²) >= 11 is 0. The quantitative estimate of drug-likeness (QED) is 0.431. The predicted octanol–water partition coefficient (Wildman–Crippen LogP) is 4.60. The summed E-state index contributed by atoms with van der Waals surface area (Å²) < 4.78 is 0. The van der Waals surface area contributed by atoms with Gasteiger partial charge in [0.2, 0.25) is 0 Å². The van der Waals surface area contributed by atoms with Gasteiger partial charge in [-0.15, -0.1) is 0 Å². The molecular formula is C20H26O2. The van der Waals surface area contributed by atoms with Gasteiger partial charge in [-0.25, -0.2) is 0 Å². The van der Waals surface area contributed by atoms with Gasteiger partial charge < -0.3 is 0 Å². The Morgan fingerprint density at radius 1 is 0.909 bits per heavy atom. The molecule has 0 amide bonds. The van der Waals surface area contributed by atoms with Crippen LogP contribution < -0.4 is 0 Å². The van der Waals surface area contributed by atoms with Crippen molar-refractivity contribution in [2.24, 2.45) is 0 Å². The first-order valence-electron chi connectivity index (χ1n) is 7.86. The number of Topliss-reactive ketones (excluding diaryl/α,β-unsaturated/α-hetero) is 2. The maximum atomic E-state index is 11.8. The lowest BCUT2D eigenvalue weighted by Crippen LogP contribution is -2.29. The summed E-state index contributed by atoms with van der Waals surface area (Å²) in [5.74, 6) is -0.0490. The fourth-order valence-corrected chi connectivity index (χ4v) is 3.22. The van der Waals surface area contributed by atoms with E-state index in [1.54, 1.807) is 0 Å². The molecule has 2 rings (SSSR count). The van der Waals surface area contributed by atoms with E-state index in [0.29, 0.717) is 5.57 Å². The van der Waals surface area contributed by atoms with Crippen molar-refractivity contribution in [3.8, 4) is 0 Å². The highest BCUT2D eigenvalue weighted by Crippen LogP contribution is 2.40. The van der Waals surface area contributed by atoms with Crippen LogP contribution in [-0.2, 0) is 20.4 Å². The van der Waals surface area contributed by atoms with E-state index in [9.17, 15) is 9.59 Å². The molecule has 0 unspecified atom stereocenters. The van der Waals surface area contributed by atoms with Crippen molar-refractivity contribution in [1.29, 1.82) is 0 Å². The lowest BCUT2D eigenvalue weighted by Gasteiger charge is -2.33. The van der Waals surface area contributed by atoms with Crippen LogP contribution in [0.4, 0.5) is 0 Å². The first kappa shape index (κ1) is 16.7. The fourth-order valence-electron chi connectivity index (χ4n) is 3.22. The first-order chi connectivity index (χ1) is 9.94. The van der Waals surface area contributed by atoms with Crippen molar-refractivity contribution >= 4 is 17.1 Å². The third kappa shape index (κ3) is 2.79. The van der Waals surface area contributed by atoms with E-state index in [0.717, 1.165) is 11.1 Å². The summed E-state index contributed by atoms with van der Waals surface area (Å²) in [6.45, 7) is 15.0. The van der Waals surface area contributed by atoms with Crippen molar-refractivity contribution in [3.05, 3.63) is 40.5 Å². The highest BCUT2D eigenvalue weighted by molar-refractivity contribution is 6.40. The van der Waals surface area contributed by atoms with Gasteiger partial charge in [-0.3, -0.25) is 9.59 Å². The van der Waals surface area contributed by atoms with Gasteiger partial charge in [0.25, 0.3) is 0 Å². The summed E-state index contributed by atoms with van der Waals surface area (Å²) in [5.41, 5.74) is 4.73. The zero-order valence-corrected chi connectivity index (χ0v) is 14.8. The number of carbonyl (C=O) groups excluding carboxylic acids is 2. The Bertz CT molecular complexity index is 661. The van der Waals surface area contributed by atoms with Crippen molar-refractivity contribution in [2.75, 3.05) is 0 Å². The Hall–Kier alpha value is -1.70. The van der Waals surface area contributed by atoms with E-state index >= 15 is 0 Å². The van der Waals surface area contributed by atoms with Crippen LogP contribution in [0.25, 0.3) is 5.57 Å². The molecule has 22 heavy (non-hydrogen) atoms. The molecule has 0 N–H and O–H groups in total. The molecule has 0 saturated heterocycles. The van der Waals surface area contributed by atoms with Crippen molar-refractivity contribution in [3.63, 3.8) is 0 Å². The highest BCUT2D eigenvalue weighted by Gasteiger charge is 2.35. The van der Waals surface area contributed by atoms with E-state index in [-0.39, 0.29) is 28.8 Å². The van der Waals surface area contributed by atoms with Crippen molar-refractivity contribution < 1.29 is 9.59 Å². The molecule has 0 bridgehead atoms. The Kier molecular flexibility index (Phi) is 3.93. The largest absolute Gasteiger partial charge is 0.294 e. The topological polar surface area (TPSA) is 34.1 Å². The van der Waals surface area contributed by atoms with Crippen LogP contribution in [-0.4, -0.2) is 11.6 Å². The minimum Gasteiger partial charge on any atom is -0.294 e. The molecule has 1 aliphatic carbocycles. The minimum absolute atomic E-state index is 0.0111. The van der Waals surface area contributed by atoms with Crippen LogP contribution in [0.3, 0.4) is 0 Å². The molecule has 0 aromatic heterocycles. The average Bonchev–Trinajstić information content (AvgIpc) is 2.35. The van der Waals surface area contributed by atoms with Crippen LogP contribution in [0.2, 0.25) is 0 Å². The summed E-state index contributed by atoms with van der Waals surface area (Å²) in [6.07, 6.45) is 0.0660. The van der Waals surface area contributed by atoms with Gasteiger partial charge in [0.1, 0.15) is 0 Å². The van der Waals surface area contributed by atoms with Gasteiger partial charge in [0.15, 0.2) is 11.6 Å². The lowest BCUT2D eigenvalue weighted by molar-refractivity contribution is -0.130. The average molecular weight is 298 g/mol.